The first-order chi connectivity index (χ1) is 7.94. The van der Waals surface area contributed by atoms with Crippen LogP contribution in [0.1, 0.15) is 26.7 Å². The van der Waals surface area contributed by atoms with Gasteiger partial charge in [0.2, 0.25) is 0 Å². The lowest BCUT2D eigenvalue weighted by Crippen LogP contribution is -2.21. The minimum atomic E-state index is -0.211. The van der Waals surface area contributed by atoms with Gasteiger partial charge < -0.3 is 11.1 Å². The largest absolute Gasteiger partial charge is 0.397 e. The van der Waals surface area contributed by atoms with Gasteiger partial charge in [-0.05, 0) is 52.8 Å². The van der Waals surface area contributed by atoms with Crippen molar-refractivity contribution in [1.82, 2.24) is 0 Å². The Labute approximate surface area is 115 Å². The van der Waals surface area contributed by atoms with Crippen molar-refractivity contribution in [3.05, 3.63) is 21.5 Å². The topological polar surface area (TPSA) is 38.0 Å². The first-order valence-electron chi connectivity index (χ1n) is 5.93. The molecule has 0 atom stereocenters. The van der Waals surface area contributed by atoms with E-state index in [4.69, 9.17) is 5.73 Å². The van der Waals surface area contributed by atoms with Crippen LogP contribution in [-0.2, 0) is 0 Å². The Morgan fingerprint density at radius 1 is 1.47 bits per heavy atom. The summed E-state index contributed by atoms with van der Waals surface area (Å²) in [7, 11) is 0. The van der Waals surface area contributed by atoms with Crippen molar-refractivity contribution in [2.75, 3.05) is 17.6 Å². The summed E-state index contributed by atoms with van der Waals surface area (Å²) in [5.74, 6) is 0.446. The Kier molecular flexibility index (Phi) is 3.52. The maximum atomic E-state index is 13.5. The minimum Gasteiger partial charge on any atom is -0.397 e. The molecule has 0 amide bonds. The number of hydrogen-bond donors (Lipinski definition) is 2. The summed E-state index contributed by atoms with van der Waals surface area (Å²) in [5, 5.41) is 3.30. The second kappa shape index (κ2) is 4.63. The highest BCUT2D eigenvalue weighted by Gasteiger charge is 2.44. The summed E-state index contributed by atoms with van der Waals surface area (Å²) >= 11 is 1.95. The summed E-state index contributed by atoms with van der Waals surface area (Å²) < 4.78 is 14.0. The number of hydrogen-bond acceptors (Lipinski definition) is 2. The normalized spacial score (nSPS) is 17.2. The molecule has 0 unspecified atom stereocenters. The third-order valence-electron chi connectivity index (χ3n) is 3.84. The molecule has 1 saturated carbocycles. The van der Waals surface area contributed by atoms with E-state index in [-0.39, 0.29) is 5.82 Å². The van der Waals surface area contributed by atoms with Gasteiger partial charge in [-0.25, -0.2) is 4.39 Å². The lowest BCUT2D eigenvalue weighted by Gasteiger charge is -2.21. The smallest absolute Gasteiger partial charge is 0.138 e. The van der Waals surface area contributed by atoms with Crippen LogP contribution >= 0.6 is 22.6 Å². The van der Waals surface area contributed by atoms with Gasteiger partial charge in [0.1, 0.15) is 5.82 Å². The molecule has 4 heteroatoms. The number of halogens is 2. The van der Waals surface area contributed by atoms with Gasteiger partial charge in [0, 0.05) is 12.6 Å². The molecular formula is C13H18FIN2. The molecular weight excluding hydrogens is 330 g/mol. The van der Waals surface area contributed by atoms with Crippen LogP contribution in [0.25, 0.3) is 0 Å². The zero-order chi connectivity index (χ0) is 12.6. The maximum absolute atomic E-state index is 13.5. The highest BCUT2D eigenvalue weighted by molar-refractivity contribution is 14.1. The molecule has 94 valence electrons. The molecule has 0 bridgehead atoms. The van der Waals surface area contributed by atoms with Crippen LogP contribution in [0.5, 0.6) is 0 Å². The Morgan fingerprint density at radius 3 is 2.65 bits per heavy atom. The summed E-state index contributed by atoms with van der Waals surface area (Å²) in [5.41, 5.74) is 7.62. The Morgan fingerprint density at radius 2 is 2.12 bits per heavy atom. The quantitative estimate of drug-likeness (QED) is 0.641. The first kappa shape index (κ1) is 12.9. The van der Waals surface area contributed by atoms with E-state index in [1.807, 2.05) is 22.6 Å². The van der Waals surface area contributed by atoms with Crippen molar-refractivity contribution in [1.29, 1.82) is 0 Å². The summed E-state index contributed by atoms with van der Waals surface area (Å²) in [6, 6.07) is 3.17. The molecule has 1 aliphatic carbocycles. The minimum absolute atomic E-state index is 0.211. The molecule has 1 fully saturated rings. The Bertz CT molecular complexity index is 428. The van der Waals surface area contributed by atoms with Crippen LogP contribution in [-0.4, -0.2) is 6.54 Å². The predicted molar refractivity (Wildman–Crippen MR) is 78.5 cm³/mol. The SMILES string of the molecule is CC(C)C1(CNc2cc(F)c(I)cc2N)CC1. The summed E-state index contributed by atoms with van der Waals surface area (Å²) in [6.07, 6.45) is 2.51. The number of nitrogen functional groups attached to an aromatic ring is 1. The highest BCUT2D eigenvalue weighted by atomic mass is 127. The van der Waals surface area contributed by atoms with Crippen molar-refractivity contribution in [3.63, 3.8) is 0 Å². The number of nitrogens with two attached hydrogens (primary N) is 1. The fraction of sp³-hybridized carbons (Fsp3) is 0.538. The van der Waals surface area contributed by atoms with Crippen molar-refractivity contribution < 1.29 is 4.39 Å². The number of benzene rings is 1. The molecule has 1 aromatic carbocycles. The molecule has 2 nitrogen and oxygen atoms in total. The van der Waals surface area contributed by atoms with E-state index in [9.17, 15) is 4.39 Å². The molecule has 3 N–H and O–H groups in total. The van der Waals surface area contributed by atoms with E-state index in [0.29, 0.717) is 20.6 Å². The van der Waals surface area contributed by atoms with Gasteiger partial charge in [-0.3, -0.25) is 0 Å². The van der Waals surface area contributed by atoms with Crippen molar-refractivity contribution in [3.8, 4) is 0 Å². The molecule has 0 radical (unpaired) electrons. The second-order valence-electron chi connectivity index (χ2n) is 5.22. The van der Waals surface area contributed by atoms with Gasteiger partial charge in [0.25, 0.3) is 0 Å². The lowest BCUT2D eigenvalue weighted by atomic mass is 9.92. The highest BCUT2D eigenvalue weighted by Crippen LogP contribution is 2.51. The van der Waals surface area contributed by atoms with Crippen LogP contribution in [0.3, 0.4) is 0 Å². The van der Waals surface area contributed by atoms with Crippen LogP contribution < -0.4 is 11.1 Å². The second-order valence-corrected chi connectivity index (χ2v) is 6.39. The third-order valence-corrected chi connectivity index (χ3v) is 4.67. The first-order valence-corrected chi connectivity index (χ1v) is 7.01. The predicted octanol–water partition coefficient (Wildman–Crippen LogP) is 3.86. The van der Waals surface area contributed by atoms with E-state index >= 15 is 0 Å². The van der Waals surface area contributed by atoms with Gasteiger partial charge >= 0.3 is 0 Å². The fourth-order valence-corrected chi connectivity index (χ4v) is 2.60. The molecule has 0 heterocycles. The Balaban J connectivity index is 2.07. The van der Waals surface area contributed by atoms with Gasteiger partial charge in [-0.2, -0.15) is 0 Å². The van der Waals surface area contributed by atoms with Crippen molar-refractivity contribution >= 4 is 34.0 Å². The summed E-state index contributed by atoms with van der Waals surface area (Å²) in [4.78, 5) is 0. The average molecular weight is 348 g/mol. The standard InChI is InChI=1S/C13H18FIN2/c1-8(2)13(3-4-13)7-17-12-5-9(14)10(15)6-11(12)16/h5-6,8,17H,3-4,7,16H2,1-2H3. The molecule has 0 aromatic heterocycles. The zero-order valence-corrected chi connectivity index (χ0v) is 12.3. The number of nitrogens with one attached hydrogen (secondary N) is 1. The average Bonchev–Trinajstić information content (AvgIpc) is 3.02. The van der Waals surface area contributed by atoms with Crippen LogP contribution in [0.2, 0.25) is 0 Å². The molecule has 0 aliphatic heterocycles. The van der Waals surface area contributed by atoms with E-state index in [2.05, 4.69) is 19.2 Å². The van der Waals surface area contributed by atoms with Gasteiger partial charge in [-0.1, -0.05) is 13.8 Å². The van der Waals surface area contributed by atoms with E-state index in [0.717, 1.165) is 12.2 Å². The molecule has 0 saturated heterocycles. The van der Waals surface area contributed by atoms with Gasteiger partial charge in [0.05, 0.1) is 14.9 Å². The molecule has 2 rings (SSSR count). The lowest BCUT2D eigenvalue weighted by molar-refractivity contribution is 0.380. The van der Waals surface area contributed by atoms with Crippen LogP contribution in [0, 0.1) is 20.7 Å². The number of anilines is 2. The monoisotopic (exact) mass is 348 g/mol. The zero-order valence-electron chi connectivity index (χ0n) is 10.2. The van der Waals surface area contributed by atoms with Gasteiger partial charge in [0.15, 0.2) is 0 Å². The van der Waals surface area contributed by atoms with Crippen LogP contribution in [0.15, 0.2) is 12.1 Å². The number of rotatable bonds is 4. The fourth-order valence-electron chi connectivity index (χ4n) is 2.11. The van der Waals surface area contributed by atoms with Gasteiger partial charge in [-0.15, -0.1) is 0 Å². The molecule has 1 aliphatic rings. The maximum Gasteiger partial charge on any atom is 0.138 e. The molecule has 1 aromatic rings. The Hall–Kier alpha value is -0.520. The van der Waals surface area contributed by atoms with E-state index < -0.39 is 0 Å². The summed E-state index contributed by atoms with van der Waals surface area (Å²) in [6.45, 7) is 5.37. The molecule has 17 heavy (non-hydrogen) atoms. The van der Waals surface area contributed by atoms with E-state index in [1.165, 1.54) is 18.9 Å². The van der Waals surface area contributed by atoms with Crippen molar-refractivity contribution in [2.24, 2.45) is 11.3 Å². The van der Waals surface area contributed by atoms with Crippen LogP contribution in [0.4, 0.5) is 15.8 Å². The van der Waals surface area contributed by atoms with E-state index in [1.54, 1.807) is 6.07 Å². The van der Waals surface area contributed by atoms with Crippen molar-refractivity contribution in [2.45, 2.75) is 26.7 Å². The molecule has 0 spiro atoms. The third kappa shape index (κ3) is 2.67.